The Morgan fingerprint density at radius 3 is 2.06 bits per heavy atom. The first-order valence-electron chi connectivity index (χ1n) is 11.1. The van der Waals surface area contributed by atoms with Gasteiger partial charge in [-0.3, -0.25) is 0 Å². The third kappa shape index (κ3) is 6.30. The Kier molecular flexibility index (Phi) is 8.43. The normalized spacial score (nSPS) is 12.0. The Morgan fingerprint density at radius 1 is 0.774 bits per heavy atom. The Hall–Kier alpha value is -3.38. The van der Waals surface area contributed by atoms with Crippen molar-refractivity contribution in [3.63, 3.8) is 0 Å². The Labute approximate surface area is 188 Å². The molecule has 3 rings (SSSR count). The summed E-state index contributed by atoms with van der Waals surface area (Å²) in [5, 5.41) is 0. The first kappa shape index (κ1) is 22.3. The number of benzene rings is 3. The molecule has 0 heteroatoms. The van der Waals surface area contributed by atoms with Crippen LogP contribution >= 0.6 is 0 Å². The van der Waals surface area contributed by atoms with E-state index in [1.165, 1.54) is 39.0 Å². The average molecular weight is 405 g/mol. The molecule has 0 aliphatic carbocycles. The molecule has 0 aliphatic heterocycles. The second kappa shape index (κ2) is 11.7. The molecule has 0 aromatic heterocycles. The van der Waals surface area contributed by atoms with Crippen molar-refractivity contribution in [3.05, 3.63) is 144 Å². The summed E-state index contributed by atoms with van der Waals surface area (Å²) >= 11 is 0. The van der Waals surface area contributed by atoms with Gasteiger partial charge in [-0.15, -0.1) is 0 Å². The summed E-state index contributed by atoms with van der Waals surface area (Å²) < 4.78 is 0. The van der Waals surface area contributed by atoms with Crippen LogP contribution in [0.4, 0.5) is 0 Å². The van der Waals surface area contributed by atoms with Gasteiger partial charge in [0, 0.05) is 0 Å². The smallest absolute Gasteiger partial charge is 0.00170 e. The van der Waals surface area contributed by atoms with E-state index in [9.17, 15) is 0 Å². The van der Waals surface area contributed by atoms with Crippen LogP contribution in [0.25, 0.3) is 11.1 Å². The van der Waals surface area contributed by atoms with Crippen LogP contribution in [0.5, 0.6) is 0 Å². The van der Waals surface area contributed by atoms with Gasteiger partial charge < -0.3 is 0 Å². The van der Waals surface area contributed by atoms with Gasteiger partial charge in [-0.1, -0.05) is 123 Å². The molecule has 0 bridgehead atoms. The van der Waals surface area contributed by atoms with Crippen LogP contribution in [0.1, 0.15) is 35.6 Å². The fourth-order valence-electron chi connectivity index (χ4n) is 3.81. The summed E-state index contributed by atoms with van der Waals surface area (Å²) in [6.45, 7) is 8.14. The molecule has 0 aliphatic rings. The van der Waals surface area contributed by atoms with Crippen molar-refractivity contribution >= 4 is 0 Å². The summed E-state index contributed by atoms with van der Waals surface area (Å²) in [5.41, 5.74) is 9.37. The Morgan fingerprint density at radius 2 is 1.39 bits per heavy atom. The minimum Gasteiger partial charge on any atom is -0.0991 e. The maximum absolute atomic E-state index is 3.77. The van der Waals surface area contributed by atoms with Gasteiger partial charge in [0.2, 0.25) is 0 Å². The highest BCUT2D eigenvalue weighted by Crippen LogP contribution is 2.30. The lowest BCUT2D eigenvalue weighted by Crippen LogP contribution is -1.98. The lowest BCUT2D eigenvalue weighted by Gasteiger charge is -2.15. The van der Waals surface area contributed by atoms with Crippen molar-refractivity contribution in [3.8, 4) is 11.1 Å². The largest absolute Gasteiger partial charge is 0.0991 e. The van der Waals surface area contributed by atoms with Crippen LogP contribution < -0.4 is 0 Å². The zero-order valence-corrected chi connectivity index (χ0v) is 18.7. The minimum atomic E-state index is 0.896. The third-order valence-corrected chi connectivity index (χ3v) is 5.49. The summed E-state index contributed by atoms with van der Waals surface area (Å²) in [7, 11) is 0. The first-order chi connectivity index (χ1) is 15.2. The molecule has 0 heterocycles. The lowest BCUT2D eigenvalue weighted by molar-refractivity contribution is 1.14. The molecule has 0 spiro atoms. The quantitative estimate of drug-likeness (QED) is 0.314. The summed E-state index contributed by atoms with van der Waals surface area (Å²) in [6.07, 6.45) is 15.4. The van der Waals surface area contributed by atoms with E-state index in [1.54, 1.807) is 0 Å². The van der Waals surface area contributed by atoms with Crippen molar-refractivity contribution in [2.45, 2.75) is 33.1 Å². The van der Waals surface area contributed by atoms with E-state index in [-0.39, 0.29) is 0 Å². The van der Waals surface area contributed by atoms with Gasteiger partial charge in [-0.2, -0.15) is 0 Å². The van der Waals surface area contributed by atoms with E-state index in [0.29, 0.717) is 0 Å². The van der Waals surface area contributed by atoms with Crippen LogP contribution in [0.2, 0.25) is 0 Å². The van der Waals surface area contributed by atoms with Gasteiger partial charge in [0.05, 0.1) is 0 Å². The van der Waals surface area contributed by atoms with Gasteiger partial charge >= 0.3 is 0 Å². The average Bonchev–Trinajstić information content (AvgIpc) is 2.80. The summed E-state index contributed by atoms with van der Waals surface area (Å²) in [4.78, 5) is 0. The molecule has 31 heavy (non-hydrogen) atoms. The molecule has 0 saturated heterocycles. The molecule has 0 atom stereocenters. The molecule has 3 aromatic rings. The van der Waals surface area contributed by atoms with Crippen molar-refractivity contribution < 1.29 is 0 Å². The van der Waals surface area contributed by atoms with Crippen LogP contribution in [0.15, 0.2) is 121 Å². The number of aryl methyl sites for hydroxylation is 1. The maximum atomic E-state index is 3.77. The van der Waals surface area contributed by atoms with E-state index in [0.717, 1.165) is 19.3 Å². The fraction of sp³-hybridized carbons (Fsp3) is 0.161. The molecule has 156 valence electrons. The van der Waals surface area contributed by atoms with Crippen LogP contribution in [0.3, 0.4) is 0 Å². The summed E-state index contributed by atoms with van der Waals surface area (Å²) in [5.74, 6) is 0. The second-order valence-corrected chi connectivity index (χ2v) is 7.77. The SMILES string of the molecule is C=C\C=C/C=C(/C=C/CC)Cc1ccccc1-c1ccccc1Cc1ccccc1C. The Balaban J connectivity index is 1.99. The molecule has 0 N–H and O–H groups in total. The van der Waals surface area contributed by atoms with E-state index in [1.807, 2.05) is 12.2 Å². The molecule has 0 fully saturated rings. The van der Waals surface area contributed by atoms with Crippen molar-refractivity contribution in [2.24, 2.45) is 0 Å². The standard InChI is InChI=1S/C31H32/c1-4-6-8-17-26(16-7-5-2)23-28-19-11-13-21-30(28)31-22-14-12-20-29(31)24-27-18-10-9-15-25(27)3/h4,6-22H,1,5,23-24H2,2-3H3/b8-6-,16-7+,26-17-. The van der Waals surface area contributed by atoms with Crippen LogP contribution in [-0.4, -0.2) is 0 Å². The van der Waals surface area contributed by atoms with Gasteiger partial charge in [0.15, 0.2) is 0 Å². The molecule has 0 radical (unpaired) electrons. The maximum Gasteiger partial charge on any atom is -0.00170 e. The molecule has 0 nitrogen and oxygen atoms in total. The topological polar surface area (TPSA) is 0 Å². The highest BCUT2D eigenvalue weighted by Gasteiger charge is 2.11. The van der Waals surface area contributed by atoms with E-state index < -0.39 is 0 Å². The minimum absolute atomic E-state index is 0.896. The highest BCUT2D eigenvalue weighted by atomic mass is 14.2. The van der Waals surface area contributed by atoms with E-state index in [2.05, 4.69) is 118 Å². The van der Waals surface area contributed by atoms with E-state index >= 15 is 0 Å². The monoisotopic (exact) mass is 404 g/mol. The van der Waals surface area contributed by atoms with Gasteiger partial charge in [0.1, 0.15) is 0 Å². The van der Waals surface area contributed by atoms with Crippen molar-refractivity contribution in [1.29, 1.82) is 0 Å². The Bertz CT molecular complexity index is 1090. The second-order valence-electron chi connectivity index (χ2n) is 7.77. The highest BCUT2D eigenvalue weighted by molar-refractivity contribution is 5.72. The number of hydrogen-bond acceptors (Lipinski definition) is 0. The first-order valence-corrected chi connectivity index (χ1v) is 11.1. The fourth-order valence-corrected chi connectivity index (χ4v) is 3.81. The third-order valence-electron chi connectivity index (χ3n) is 5.49. The predicted octanol–water partition coefficient (Wildman–Crippen LogP) is 8.43. The number of allylic oxidation sites excluding steroid dienone is 7. The molecule has 0 saturated carbocycles. The van der Waals surface area contributed by atoms with Gasteiger partial charge in [0.25, 0.3) is 0 Å². The van der Waals surface area contributed by atoms with Crippen LogP contribution in [-0.2, 0) is 12.8 Å². The van der Waals surface area contributed by atoms with E-state index in [4.69, 9.17) is 0 Å². The van der Waals surface area contributed by atoms with Gasteiger partial charge in [-0.05, 0) is 65.1 Å². The zero-order valence-electron chi connectivity index (χ0n) is 18.7. The molecule has 3 aromatic carbocycles. The van der Waals surface area contributed by atoms with Crippen molar-refractivity contribution in [2.75, 3.05) is 0 Å². The molecule has 0 amide bonds. The summed E-state index contributed by atoms with van der Waals surface area (Å²) in [6, 6.07) is 26.3. The zero-order chi connectivity index (χ0) is 21.9. The molecule has 0 unspecified atom stereocenters. The number of hydrogen-bond donors (Lipinski definition) is 0. The molecular formula is C31H32. The number of rotatable bonds is 9. The molecular weight excluding hydrogens is 372 g/mol. The lowest BCUT2D eigenvalue weighted by atomic mass is 9.89. The van der Waals surface area contributed by atoms with Gasteiger partial charge in [-0.25, -0.2) is 0 Å². The predicted molar refractivity (Wildman–Crippen MR) is 136 cm³/mol. The van der Waals surface area contributed by atoms with Crippen molar-refractivity contribution in [1.82, 2.24) is 0 Å². The van der Waals surface area contributed by atoms with Crippen LogP contribution in [0, 0.1) is 6.92 Å².